The summed E-state index contributed by atoms with van der Waals surface area (Å²) in [5, 5.41) is 11.5. The van der Waals surface area contributed by atoms with Gasteiger partial charge in [0, 0.05) is 29.5 Å². The first-order valence-electron chi connectivity index (χ1n) is 10.3. The molecule has 0 aliphatic carbocycles. The quantitative estimate of drug-likeness (QED) is 0.266. The van der Waals surface area contributed by atoms with E-state index >= 15 is 0 Å². The lowest BCUT2D eigenvalue weighted by molar-refractivity contribution is -0.504. The van der Waals surface area contributed by atoms with Gasteiger partial charge in [-0.05, 0) is 31.9 Å². The van der Waals surface area contributed by atoms with E-state index in [-0.39, 0.29) is 17.4 Å². The summed E-state index contributed by atoms with van der Waals surface area (Å²) in [4.78, 5) is 23.7. The largest absolute Gasteiger partial charge is 0.286 e. The van der Waals surface area contributed by atoms with Crippen LogP contribution in [0.2, 0.25) is 0 Å². The Kier molecular flexibility index (Phi) is 7.35. The van der Waals surface area contributed by atoms with Crippen molar-refractivity contribution < 1.29 is 18.1 Å². The highest BCUT2D eigenvalue weighted by molar-refractivity contribution is 7.89. The Balaban J connectivity index is 1.76. The van der Waals surface area contributed by atoms with Gasteiger partial charge in [0.1, 0.15) is 0 Å². The van der Waals surface area contributed by atoms with Crippen molar-refractivity contribution in [1.82, 2.24) is 4.31 Å². The molecule has 1 aliphatic rings. The average molecular weight is 443 g/mol. The van der Waals surface area contributed by atoms with Crippen LogP contribution in [0.5, 0.6) is 0 Å². The summed E-state index contributed by atoms with van der Waals surface area (Å²) in [7, 11) is -3.67. The highest BCUT2D eigenvalue weighted by Gasteiger charge is 2.33. The lowest BCUT2D eigenvalue weighted by Gasteiger charge is -2.33. The molecule has 0 bridgehead atoms. The van der Waals surface area contributed by atoms with Crippen molar-refractivity contribution in [2.24, 2.45) is 0 Å². The summed E-state index contributed by atoms with van der Waals surface area (Å²) >= 11 is 0. The molecule has 1 aliphatic heterocycles. The monoisotopic (exact) mass is 442 g/mol. The van der Waals surface area contributed by atoms with Gasteiger partial charge in [0.2, 0.25) is 15.8 Å². The Hall–Kier alpha value is -2.84. The second-order valence-electron chi connectivity index (χ2n) is 7.69. The van der Waals surface area contributed by atoms with E-state index in [9.17, 15) is 23.3 Å². The zero-order valence-electron chi connectivity index (χ0n) is 17.4. The van der Waals surface area contributed by atoms with Gasteiger partial charge in [-0.3, -0.25) is 14.9 Å². The smallest absolute Gasteiger partial charge is 0.278 e. The Labute approximate surface area is 182 Å². The van der Waals surface area contributed by atoms with Gasteiger partial charge in [-0.25, -0.2) is 8.42 Å². The predicted molar refractivity (Wildman–Crippen MR) is 118 cm³/mol. The van der Waals surface area contributed by atoms with E-state index in [1.807, 2.05) is 6.92 Å². The standard InChI is InChI=1S/C23H26N2O5S/c1-18-13-15-21(16-14-18)31(29,30)24-17-6-5-10-20(24)11-7-12-22(25(27)28)23(26)19-8-3-2-4-9-19/h2-4,7-9,11,13-16,20,22H,5-6,10,12,17H2,1H3/b11-7+/t20-,22?/m1/s1. The third-order valence-corrected chi connectivity index (χ3v) is 7.40. The van der Waals surface area contributed by atoms with Gasteiger partial charge >= 0.3 is 0 Å². The highest BCUT2D eigenvalue weighted by atomic mass is 32.2. The maximum atomic E-state index is 13.1. The molecule has 31 heavy (non-hydrogen) atoms. The van der Waals surface area contributed by atoms with Crippen LogP contribution in [-0.4, -0.2) is 42.1 Å². The number of carbonyl (C=O) groups is 1. The van der Waals surface area contributed by atoms with Crippen LogP contribution in [0, 0.1) is 17.0 Å². The average Bonchev–Trinajstić information content (AvgIpc) is 2.77. The molecule has 164 valence electrons. The number of benzene rings is 2. The minimum Gasteiger partial charge on any atom is -0.286 e. The van der Waals surface area contributed by atoms with Gasteiger partial charge in [-0.2, -0.15) is 4.31 Å². The van der Waals surface area contributed by atoms with Crippen molar-refractivity contribution >= 4 is 15.8 Å². The fraction of sp³-hybridized carbons (Fsp3) is 0.348. The molecule has 2 aromatic carbocycles. The molecule has 7 nitrogen and oxygen atoms in total. The molecule has 3 rings (SSSR count). The molecule has 0 amide bonds. The summed E-state index contributed by atoms with van der Waals surface area (Å²) in [6.45, 7) is 2.29. The van der Waals surface area contributed by atoms with Gasteiger partial charge in [-0.15, -0.1) is 0 Å². The zero-order valence-corrected chi connectivity index (χ0v) is 18.2. The Morgan fingerprint density at radius 1 is 1.16 bits per heavy atom. The van der Waals surface area contributed by atoms with Crippen LogP contribution in [0.1, 0.15) is 41.6 Å². The van der Waals surface area contributed by atoms with Crippen LogP contribution in [0.15, 0.2) is 71.6 Å². The zero-order chi connectivity index (χ0) is 22.4. The van der Waals surface area contributed by atoms with Crippen molar-refractivity contribution in [3.05, 3.63) is 88.0 Å². The SMILES string of the molecule is Cc1ccc(S(=O)(=O)N2CCCC[C@@H]2/C=C/CC(C(=O)c2ccccc2)[N+](=O)[O-])cc1. The molecule has 0 saturated carbocycles. The number of nitro groups is 1. The first-order valence-corrected chi connectivity index (χ1v) is 11.7. The van der Waals surface area contributed by atoms with Crippen LogP contribution in [0.25, 0.3) is 0 Å². The van der Waals surface area contributed by atoms with E-state index < -0.39 is 26.8 Å². The molecule has 1 unspecified atom stereocenters. The van der Waals surface area contributed by atoms with E-state index in [0.29, 0.717) is 18.5 Å². The van der Waals surface area contributed by atoms with Gasteiger partial charge in [0.05, 0.1) is 4.90 Å². The van der Waals surface area contributed by atoms with Gasteiger partial charge in [0.15, 0.2) is 0 Å². The Morgan fingerprint density at radius 3 is 2.48 bits per heavy atom. The summed E-state index contributed by atoms with van der Waals surface area (Å²) in [5.41, 5.74) is 1.27. The number of carbonyl (C=O) groups excluding carboxylic acids is 1. The van der Waals surface area contributed by atoms with Crippen molar-refractivity contribution in [3.8, 4) is 0 Å². The summed E-state index contributed by atoms with van der Waals surface area (Å²) in [5.74, 6) is -0.553. The molecule has 8 heteroatoms. The molecule has 1 heterocycles. The van der Waals surface area contributed by atoms with Gasteiger partial charge in [-0.1, -0.05) is 66.6 Å². The van der Waals surface area contributed by atoms with Crippen LogP contribution in [-0.2, 0) is 10.0 Å². The van der Waals surface area contributed by atoms with Crippen molar-refractivity contribution in [2.75, 3.05) is 6.54 Å². The van der Waals surface area contributed by atoms with Crippen LogP contribution >= 0.6 is 0 Å². The molecular formula is C23H26N2O5S. The lowest BCUT2D eigenvalue weighted by atomic mass is 10.00. The van der Waals surface area contributed by atoms with E-state index in [4.69, 9.17) is 0 Å². The van der Waals surface area contributed by atoms with E-state index in [1.54, 1.807) is 66.7 Å². The van der Waals surface area contributed by atoms with Crippen LogP contribution in [0.3, 0.4) is 0 Å². The molecule has 0 spiro atoms. The fourth-order valence-corrected chi connectivity index (χ4v) is 5.37. The number of aryl methyl sites for hydroxylation is 1. The van der Waals surface area contributed by atoms with Crippen LogP contribution in [0.4, 0.5) is 0 Å². The molecule has 2 aromatic rings. The molecule has 1 saturated heterocycles. The van der Waals surface area contributed by atoms with E-state index in [1.165, 1.54) is 4.31 Å². The third-order valence-electron chi connectivity index (χ3n) is 5.46. The van der Waals surface area contributed by atoms with Crippen molar-refractivity contribution in [1.29, 1.82) is 0 Å². The van der Waals surface area contributed by atoms with Crippen LogP contribution < -0.4 is 0 Å². The molecule has 2 atom stereocenters. The minimum atomic E-state index is -3.67. The number of piperidine rings is 1. The second kappa shape index (κ2) is 9.98. The number of hydrogen-bond donors (Lipinski definition) is 0. The number of ketones is 1. The van der Waals surface area contributed by atoms with Gasteiger partial charge < -0.3 is 0 Å². The van der Waals surface area contributed by atoms with Gasteiger partial charge in [0.25, 0.3) is 6.04 Å². The maximum absolute atomic E-state index is 13.1. The molecule has 0 aromatic heterocycles. The lowest BCUT2D eigenvalue weighted by Crippen LogP contribution is -2.42. The third kappa shape index (κ3) is 5.45. The highest BCUT2D eigenvalue weighted by Crippen LogP contribution is 2.26. The predicted octanol–water partition coefficient (Wildman–Crippen LogP) is 4.01. The fourth-order valence-electron chi connectivity index (χ4n) is 3.72. The number of hydrogen-bond acceptors (Lipinski definition) is 5. The number of Topliss-reactive ketones (excluding diaryl/α,β-unsaturated/α-hetero) is 1. The Morgan fingerprint density at radius 2 is 1.84 bits per heavy atom. The minimum absolute atomic E-state index is 0.0877. The molecule has 0 radical (unpaired) electrons. The van der Waals surface area contributed by atoms with E-state index in [0.717, 1.165) is 18.4 Å². The second-order valence-corrected chi connectivity index (χ2v) is 9.58. The molecular weight excluding hydrogens is 416 g/mol. The molecule has 0 N–H and O–H groups in total. The topological polar surface area (TPSA) is 97.6 Å². The Bertz CT molecular complexity index is 1050. The summed E-state index contributed by atoms with van der Waals surface area (Å²) < 4.78 is 27.7. The van der Waals surface area contributed by atoms with Crippen molar-refractivity contribution in [2.45, 2.75) is 49.6 Å². The number of sulfonamides is 1. The normalized spacial score (nSPS) is 18.7. The summed E-state index contributed by atoms with van der Waals surface area (Å²) in [6.07, 6.45) is 5.45. The first-order chi connectivity index (χ1) is 14.8. The molecule has 1 fully saturated rings. The first kappa shape index (κ1) is 22.8. The van der Waals surface area contributed by atoms with E-state index in [2.05, 4.69) is 0 Å². The number of rotatable bonds is 8. The maximum Gasteiger partial charge on any atom is 0.278 e. The number of nitrogens with zero attached hydrogens (tertiary/aromatic N) is 2. The van der Waals surface area contributed by atoms with Crippen molar-refractivity contribution in [3.63, 3.8) is 0 Å². The summed E-state index contributed by atoms with van der Waals surface area (Å²) in [6, 6.07) is 13.1.